The summed E-state index contributed by atoms with van der Waals surface area (Å²) in [5.41, 5.74) is 0.172. The minimum Gasteiger partial charge on any atom is -0.443 e. The SMILES string of the molecule is O=C1OC(CBr)CN1c1cc(F)cc(F)c1. The van der Waals surface area contributed by atoms with Crippen molar-refractivity contribution in [3.05, 3.63) is 29.8 Å². The molecule has 3 nitrogen and oxygen atoms in total. The van der Waals surface area contributed by atoms with Crippen LogP contribution in [0, 0.1) is 11.6 Å². The molecule has 0 radical (unpaired) electrons. The van der Waals surface area contributed by atoms with Crippen molar-refractivity contribution >= 4 is 27.7 Å². The van der Waals surface area contributed by atoms with Crippen molar-refractivity contribution in [3.63, 3.8) is 0 Å². The summed E-state index contributed by atoms with van der Waals surface area (Å²) in [6.07, 6.45) is -0.881. The zero-order valence-corrected chi connectivity index (χ0v) is 9.71. The van der Waals surface area contributed by atoms with E-state index in [4.69, 9.17) is 4.74 Å². The summed E-state index contributed by atoms with van der Waals surface area (Å²) in [6, 6.07) is 2.95. The Morgan fingerprint density at radius 2 is 2.00 bits per heavy atom. The minimum absolute atomic E-state index is 0.172. The van der Waals surface area contributed by atoms with E-state index in [1.165, 1.54) is 4.90 Å². The third kappa shape index (κ3) is 2.16. The van der Waals surface area contributed by atoms with Gasteiger partial charge in [-0.3, -0.25) is 4.90 Å². The Kier molecular flexibility index (Phi) is 3.09. The summed E-state index contributed by atoms with van der Waals surface area (Å²) in [6.45, 7) is 0.285. The molecule has 1 fully saturated rings. The zero-order valence-electron chi connectivity index (χ0n) is 8.12. The Morgan fingerprint density at radius 1 is 1.38 bits per heavy atom. The number of halogens is 3. The minimum atomic E-state index is -0.718. The lowest BCUT2D eigenvalue weighted by Gasteiger charge is -2.12. The molecule has 0 N–H and O–H groups in total. The average molecular weight is 292 g/mol. The van der Waals surface area contributed by atoms with E-state index >= 15 is 0 Å². The molecule has 1 saturated heterocycles. The highest BCUT2D eigenvalue weighted by atomic mass is 79.9. The van der Waals surface area contributed by atoms with Gasteiger partial charge in [0.2, 0.25) is 0 Å². The van der Waals surface area contributed by atoms with Crippen LogP contribution in [-0.4, -0.2) is 24.1 Å². The van der Waals surface area contributed by atoms with Crippen molar-refractivity contribution in [2.24, 2.45) is 0 Å². The maximum absolute atomic E-state index is 13.0. The Labute approximate surface area is 99.1 Å². The van der Waals surface area contributed by atoms with Crippen LogP contribution >= 0.6 is 15.9 Å². The third-order valence-electron chi connectivity index (χ3n) is 2.21. The van der Waals surface area contributed by atoms with Gasteiger partial charge >= 0.3 is 6.09 Å². The molecule has 1 aliphatic rings. The Hall–Kier alpha value is -1.17. The number of carbonyl (C=O) groups excluding carboxylic acids is 1. The highest BCUT2D eigenvalue weighted by Crippen LogP contribution is 2.24. The third-order valence-corrected chi connectivity index (χ3v) is 2.93. The molecule has 0 bridgehead atoms. The van der Waals surface area contributed by atoms with Gasteiger partial charge in [0.1, 0.15) is 17.7 Å². The number of cyclic esters (lactones) is 1. The van der Waals surface area contributed by atoms with Crippen LogP contribution in [-0.2, 0) is 4.74 Å². The molecule has 1 aromatic rings. The standard InChI is InChI=1S/C10H8BrF2NO2/c11-4-9-5-14(10(15)16-9)8-2-6(12)1-7(13)3-8/h1-3,9H,4-5H2. The highest BCUT2D eigenvalue weighted by Gasteiger charge is 2.31. The van der Waals surface area contributed by atoms with Crippen LogP contribution in [0.5, 0.6) is 0 Å². The maximum Gasteiger partial charge on any atom is 0.414 e. The van der Waals surface area contributed by atoms with E-state index in [-0.39, 0.29) is 18.3 Å². The number of hydrogen-bond acceptors (Lipinski definition) is 2. The molecule has 6 heteroatoms. The van der Waals surface area contributed by atoms with Gasteiger partial charge in [0.15, 0.2) is 0 Å². The molecule has 0 aliphatic carbocycles. The summed E-state index contributed by atoms with van der Waals surface area (Å²) in [5, 5.41) is 0.493. The lowest BCUT2D eigenvalue weighted by molar-refractivity contribution is 0.152. The van der Waals surface area contributed by atoms with Crippen LogP contribution in [0.25, 0.3) is 0 Å². The van der Waals surface area contributed by atoms with Crippen molar-refractivity contribution < 1.29 is 18.3 Å². The van der Waals surface area contributed by atoms with E-state index in [2.05, 4.69) is 15.9 Å². The van der Waals surface area contributed by atoms with Crippen molar-refractivity contribution in [1.82, 2.24) is 0 Å². The molecule has 1 heterocycles. The van der Waals surface area contributed by atoms with Crippen LogP contribution in [0.1, 0.15) is 0 Å². The highest BCUT2D eigenvalue weighted by molar-refractivity contribution is 9.09. The van der Waals surface area contributed by atoms with E-state index in [0.717, 1.165) is 18.2 Å². The first-order valence-corrected chi connectivity index (χ1v) is 5.72. The topological polar surface area (TPSA) is 29.5 Å². The first-order chi connectivity index (χ1) is 7.60. The second-order valence-corrected chi connectivity index (χ2v) is 4.05. The molecule has 1 unspecified atom stereocenters. The van der Waals surface area contributed by atoms with Crippen molar-refractivity contribution in [3.8, 4) is 0 Å². The van der Waals surface area contributed by atoms with Crippen LogP contribution < -0.4 is 4.90 Å². The van der Waals surface area contributed by atoms with E-state index < -0.39 is 17.7 Å². The Bertz CT molecular complexity index is 407. The Morgan fingerprint density at radius 3 is 2.50 bits per heavy atom. The van der Waals surface area contributed by atoms with E-state index in [1.54, 1.807) is 0 Å². The number of carbonyl (C=O) groups is 1. The van der Waals surface area contributed by atoms with Crippen LogP contribution in [0.15, 0.2) is 18.2 Å². The van der Waals surface area contributed by atoms with Crippen molar-refractivity contribution in [2.75, 3.05) is 16.8 Å². The van der Waals surface area contributed by atoms with E-state index in [1.807, 2.05) is 0 Å². The van der Waals surface area contributed by atoms with Crippen molar-refractivity contribution in [1.29, 1.82) is 0 Å². The van der Waals surface area contributed by atoms with Gasteiger partial charge in [0.05, 0.1) is 12.2 Å². The number of hydrogen-bond donors (Lipinski definition) is 0. The molecule has 0 aromatic heterocycles. The first-order valence-electron chi connectivity index (χ1n) is 4.60. The summed E-state index contributed by atoms with van der Waals surface area (Å²) >= 11 is 3.18. The number of rotatable bonds is 2. The van der Waals surface area contributed by atoms with Gasteiger partial charge in [-0.25, -0.2) is 13.6 Å². The van der Waals surface area contributed by atoms with E-state index in [0.29, 0.717) is 5.33 Å². The van der Waals surface area contributed by atoms with Gasteiger partial charge in [0, 0.05) is 11.4 Å². The van der Waals surface area contributed by atoms with Crippen LogP contribution in [0.2, 0.25) is 0 Å². The summed E-state index contributed by atoms with van der Waals surface area (Å²) in [5.74, 6) is -1.44. The number of anilines is 1. The number of amides is 1. The molecule has 16 heavy (non-hydrogen) atoms. The normalized spacial score (nSPS) is 20.1. The van der Waals surface area contributed by atoms with Crippen LogP contribution in [0.4, 0.5) is 19.3 Å². The van der Waals surface area contributed by atoms with Gasteiger partial charge in [-0.15, -0.1) is 0 Å². The molecule has 1 aromatic carbocycles. The average Bonchev–Trinajstić information content (AvgIpc) is 2.58. The summed E-state index contributed by atoms with van der Waals surface area (Å²) < 4.78 is 30.9. The molecule has 1 amide bonds. The molecule has 2 rings (SSSR count). The van der Waals surface area contributed by atoms with Gasteiger partial charge in [-0.05, 0) is 12.1 Å². The van der Waals surface area contributed by atoms with Gasteiger partial charge in [0.25, 0.3) is 0 Å². The number of ether oxygens (including phenoxy) is 1. The predicted molar refractivity (Wildman–Crippen MR) is 57.8 cm³/mol. The molecule has 86 valence electrons. The van der Waals surface area contributed by atoms with E-state index in [9.17, 15) is 13.6 Å². The fraction of sp³-hybridized carbons (Fsp3) is 0.300. The van der Waals surface area contributed by atoms with Gasteiger partial charge < -0.3 is 4.74 Å². The fourth-order valence-electron chi connectivity index (χ4n) is 1.51. The molecule has 0 spiro atoms. The zero-order chi connectivity index (χ0) is 11.7. The molecular weight excluding hydrogens is 284 g/mol. The second kappa shape index (κ2) is 4.37. The predicted octanol–water partition coefficient (Wildman–Crippen LogP) is 2.68. The van der Waals surface area contributed by atoms with Gasteiger partial charge in [-0.1, -0.05) is 15.9 Å². The number of benzene rings is 1. The fourth-order valence-corrected chi connectivity index (χ4v) is 1.84. The largest absolute Gasteiger partial charge is 0.443 e. The van der Waals surface area contributed by atoms with Gasteiger partial charge in [-0.2, -0.15) is 0 Å². The summed E-state index contributed by atoms with van der Waals surface area (Å²) in [7, 11) is 0. The Balaban J connectivity index is 2.27. The molecule has 0 saturated carbocycles. The summed E-state index contributed by atoms with van der Waals surface area (Å²) in [4.78, 5) is 12.6. The molecule has 1 atom stereocenters. The van der Waals surface area contributed by atoms with Crippen LogP contribution in [0.3, 0.4) is 0 Å². The first kappa shape index (κ1) is 11.3. The number of alkyl halides is 1. The van der Waals surface area contributed by atoms with Crippen molar-refractivity contribution in [2.45, 2.75) is 6.10 Å². The lowest BCUT2D eigenvalue weighted by atomic mass is 10.2. The lowest BCUT2D eigenvalue weighted by Crippen LogP contribution is -2.25. The maximum atomic E-state index is 13.0. The number of nitrogens with zero attached hydrogens (tertiary/aromatic N) is 1. The second-order valence-electron chi connectivity index (χ2n) is 3.40. The molecule has 1 aliphatic heterocycles. The monoisotopic (exact) mass is 291 g/mol. The smallest absolute Gasteiger partial charge is 0.414 e. The quantitative estimate of drug-likeness (QED) is 0.784. The molecular formula is C10H8BrF2NO2.